The van der Waals surface area contributed by atoms with Crippen molar-refractivity contribution in [2.75, 3.05) is 32.8 Å². The lowest BCUT2D eigenvalue weighted by Gasteiger charge is -2.18. The van der Waals surface area contributed by atoms with E-state index in [4.69, 9.17) is 9.26 Å². The molecular weight excluding hydrogens is 244 g/mol. The van der Waals surface area contributed by atoms with Gasteiger partial charge < -0.3 is 14.6 Å². The van der Waals surface area contributed by atoms with Crippen LogP contribution in [0.25, 0.3) is 0 Å². The molecular formula is C13H22N4O2. The van der Waals surface area contributed by atoms with E-state index in [0.29, 0.717) is 11.7 Å². The van der Waals surface area contributed by atoms with E-state index >= 15 is 0 Å². The van der Waals surface area contributed by atoms with Gasteiger partial charge in [-0.2, -0.15) is 4.98 Å². The van der Waals surface area contributed by atoms with Crippen LogP contribution in [0.2, 0.25) is 0 Å². The van der Waals surface area contributed by atoms with Crippen molar-refractivity contribution in [2.24, 2.45) is 0 Å². The Bertz CT molecular complexity index is 407. The molecule has 1 aromatic heterocycles. The molecule has 0 spiro atoms. The van der Waals surface area contributed by atoms with Crippen molar-refractivity contribution < 1.29 is 9.26 Å². The summed E-state index contributed by atoms with van der Waals surface area (Å²) in [6.07, 6.45) is 3.21. The van der Waals surface area contributed by atoms with Crippen molar-refractivity contribution in [3.05, 3.63) is 11.7 Å². The second kappa shape index (κ2) is 5.56. The quantitative estimate of drug-likeness (QED) is 0.876. The number of nitrogens with zero attached hydrogens (tertiary/aromatic N) is 3. The minimum Gasteiger partial charge on any atom is -0.367 e. The van der Waals surface area contributed by atoms with E-state index in [2.05, 4.69) is 20.4 Å². The first-order chi connectivity index (χ1) is 9.26. The molecule has 0 radical (unpaired) electrons. The highest BCUT2D eigenvalue weighted by atomic mass is 16.5. The van der Waals surface area contributed by atoms with Crippen molar-refractivity contribution in [2.45, 2.75) is 38.3 Å². The Hall–Kier alpha value is -0.980. The molecule has 0 aromatic carbocycles. The molecule has 3 heterocycles. The van der Waals surface area contributed by atoms with Gasteiger partial charge in [-0.05, 0) is 39.3 Å². The highest BCUT2D eigenvalue weighted by Crippen LogP contribution is 2.33. The van der Waals surface area contributed by atoms with Gasteiger partial charge >= 0.3 is 0 Å². The maximum atomic E-state index is 5.74. The van der Waals surface area contributed by atoms with E-state index in [1.807, 2.05) is 6.92 Å². The number of hydrogen-bond donors (Lipinski definition) is 1. The monoisotopic (exact) mass is 266 g/mol. The highest BCUT2D eigenvalue weighted by molar-refractivity contribution is 5.01. The first kappa shape index (κ1) is 13.0. The minimum atomic E-state index is -0.345. The fourth-order valence-corrected chi connectivity index (χ4v) is 2.74. The summed E-state index contributed by atoms with van der Waals surface area (Å²) in [5, 5.41) is 7.50. The van der Waals surface area contributed by atoms with Gasteiger partial charge in [0.2, 0.25) is 11.7 Å². The Morgan fingerprint density at radius 1 is 1.32 bits per heavy atom. The molecule has 6 heteroatoms. The van der Waals surface area contributed by atoms with Crippen LogP contribution in [0, 0.1) is 0 Å². The second-order valence-electron chi connectivity index (χ2n) is 5.57. The zero-order valence-electron chi connectivity index (χ0n) is 11.5. The van der Waals surface area contributed by atoms with Gasteiger partial charge in [-0.25, -0.2) is 0 Å². The van der Waals surface area contributed by atoms with Crippen LogP contribution in [0.4, 0.5) is 0 Å². The fourth-order valence-electron chi connectivity index (χ4n) is 2.74. The molecule has 0 saturated carbocycles. The maximum Gasteiger partial charge on any atom is 0.240 e. The average Bonchev–Trinajstić information content (AvgIpc) is 2.96. The topological polar surface area (TPSA) is 63.4 Å². The molecule has 2 fully saturated rings. The van der Waals surface area contributed by atoms with Crippen molar-refractivity contribution in [1.29, 1.82) is 0 Å². The van der Waals surface area contributed by atoms with Crippen molar-refractivity contribution in [1.82, 2.24) is 20.4 Å². The van der Waals surface area contributed by atoms with E-state index in [-0.39, 0.29) is 5.60 Å². The molecule has 0 aliphatic carbocycles. The molecule has 19 heavy (non-hydrogen) atoms. The molecule has 3 rings (SSSR count). The van der Waals surface area contributed by atoms with E-state index in [1.165, 1.54) is 6.42 Å². The van der Waals surface area contributed by atoms with Crippen LogP contribution in [-0.2, 0) is 16.9 Å². The van der Waals surface area contributed by atoms with Crippen LogP contribution in [0.3, 0.4) is 0 Å². The average molecular weight is 266 g/mol. The van der Waals surface area contributed by atoms with Gasteiger partial charge in [0.1, 0.15) is 5.60 Å². The van der Waals surface area contributed by atoms with Crippen LogP contribution >= 0.6 is 0 Å². The summed E-state index contributed by atoms with van der Waals surface area (Å²) in [5.41, 5.74) is -0.345. The van der Waals surface area contributed by atoms with Crippen LogP contribution < -0.4 is 5.32 Å². The van der Waals surface area contributed by atoms with E-state index < -0.39 is 0 Å². The van der Waals surface area contributed by atoms with Gasteiger partial charge in [0.05, 0.1) is 6.54 Å². The summed E-state index contributed by atoms with van der Waals surface area (Å²) in [6, 6.07) is 0. The van der Waals surface area contributed by atoms with Crippen LogP contribution in [0.1, 0.15) is 37.9 Å². The lowest BCUT2D eigenvalue weighted by molar-refractivity contribution is 0.00768. The summed E-state index contributed by atoms with van der Waals surface area (Å²) in [6.45, 7) is 7.82. The molecule has 1 atom stereocenters. The van der Waals surface area contributed by atoms with Gasteiger partial charge in [0.25, 0.3) is 0 Å². The lowest BCUT2D eigenvalue weighted by Crippen LogP contribution is -2.28. The number of nitrogens with one attached hydrogen (secondary N) is 1. The standard InChI is InChI=1S/C13H22N4O2/c1-13(4-2-9-18-13)12-15-11(19-16-12)10-17-7-3-5-14-6-8-17/h14H,2-10H2,1H3. The smallest absolute Gasteiger partial charge is 0.240 e. The van der Waals surface area contributed by atoms with Crippen LogP contribution in [0.5, 0.6) is 0 Å². The molecule has 2 aliphatic rings. The fraction of sp³-hybridized carbons (Fsp3) is 0.846. The summed E-state index contributed by atoms with van der Waals surface area (Å²) in [7, 11) is 0. The van der Waals surface area contributed by atoms with Crippen LogP contribution in [0.15, 0.2) is 4.52 Å². The molecule has 6 nitrogen and oxygen atoms in total. The number of aromatic nitrogens is 2. The largest absolute Gasteiger partial charge is 0.367 e. The predicted molar refractivity (Wildman–Crippen MR) is 69.6 cm³/mol. The normalized spacial score (nSPS) is 29.5. The van der Waals surface area contributed by atoms with Gasteiger partial charge in [0.15, 0.2) is 0 Å². The second-order valence-corrected chi connectivity index (χ2v) is 5.57. The van der Waals surface area contributed by atoms with E-state index in [0.717, 1.165) is 52.2 Å². The summed E-state index contributed by atoms with van der Waals surface area (Å²) in [5.74, 6) is 1.40. The van der Waals surface area contributed by atoms with Crippen molar-refractivity contribution in [3.8, 4) is 0 Å². The van der Waals surface area contributed by atoms with Gasteiger partial charge in [-0.15, -0.1) is 0 Å². The first-order valence-electron chi connectivity index (χ1n) is 7.16. The van der Waals surface area contributed by atoms with E-state index in [1.54, 1.807) is 0 Å². The molecule has 1 N–H and O–H groups in total. The number of ether oxygens (including phenoxy) is 1. The molecule has 2 saturated heterocycles. The first-order valence-corrected chi connectivity index (χ1v) is 7.16. The Morgan fingerprint density at radius 3 is 3.11 bits per heavy atom. The van der Waals surface area contributed by atoms with Gasteiger partial charge in [-0.3, -0.25) is 4.90 Å². The molecule has 1 aromatic rings. The van der Waals surface area contributed by atoms with Gasteiger partial charge in [-0.1, -0.05) is 5.16 Å². The molecule has 0 bridgehead atoms. The molecule has 2 aliphatic heterocycles. The zero-order chi connectivity index (χ0) is 13.1. The summed E-state index contributed by atoms with van der Waals surface area (Å²) >= 11 is 0. The molecule has 106 valence electrons. The van der Waals surface area contributed by atoms with Crippen molar-refractivity contribution in [3.63, 3.8) is 0 Å². The third-order valence-electron chi connectivity index (χ3n) is 3.95. The minimum absolute atomic E-state index is 0.345. The number of hydrogen-bond acceptors (Lipinski definition) is 6. The summed E-state index contributed by atoms with van der Waals surface area (Å²) < 4.78 is 11.1. The maximum absolute atomic E-state index is 5.74. The molecule has 1 unspecified atom stereocenters. The zero-order valence-corrected chi connectivity index (χ0v) is 11.5. The highest BCUT2D eigenvalue weighted by Gasteiger charge is 2.36. The third kappa shape index (κ3) is 2.96. The third-order valence-corrected chi connectivity index (χ3v) is 3.95. The summed E-state index contributed by atoms with van der Waals surface area (Å²) in [4.78, 5) is 6.88. The predicted octanol–water partition coefficient (Wildman–Crippen LogP) is 0.890. The van der Waals surface area contributed by atoms with E-state index in [9.17, 15) is 0 Å². The Balaban J connectivity index is 1.64. The lowest BCUT2D eigenvalue weighted by atomic mass is 10.0. The Kier molecular flexibility index (Phi) is 3.81. The van der Waals surface area contributed by atoms with Crippen LogP contribution in [-0.4, -0.2) is 47.8 Å². The van der Waals surface area contributed by atoms with Gasteiger partial charge in [0, 0.05) is 19.7 Å². The Labute approximate surface area is 113 Å². The van der Waals surface area contributed by atoms with Crippen molar-refractivity contribution >= 4 is 0 Å². The molecule has 0 amide bonds. The number of rotatable bonds is 3. The Morgan fingerprint density at radius 2 is 2.26 bits per heavy atom. The SMILES string of the molecule is CC1(c2noc(CN3CCCNCC3)n2)CCCO1.